The van der Waals surface area contributed by atoms with Crippen molar-refractivity contribution in [2.45, 2.75) is 13.3 Å². The van der Waals surface area contributed by atoms with Crippen molar-refractivity contribution in [1.29, 1.82) is 0 Å². The molecule has 0 aliphatic heterocycles. The Morgan fingerprint density at radius 1 is 1.36 bits per heavy atom. The van der Waals surface area contributed by atoms with E-state index in [9.17, 15) is 0 Å². The summed E-state index contributed by atoms with van der Waals surface area (Å²) in [4.78, 5) is 0. The number of halogens is 1. The zero-order valence-electron chi connectivity index (χ0n) is 6.13. The topological polar surface area (TPSA) is 40.5 Å². The fraction of sp³-hybridized carbons (Fsp3) is 0.250. The lowest BCUT2D eigenvalue weighted by atomic mass is 10.1. The lowest BCUT2D eigenvalue weighted by Crippen LogP contribution is -1.82. The van der Waals surface area contributed by atoms with E-state index in [0.29, 0.717) is 11.4 Å². The molecule has 0 saturated carbocycles. The van der Waals surface area contributed by atoms with E-state index in [-0.39, 0.29) is 11.5 Å². The maximum Gasteiger partial charge on any atom is 0.138 e. The molecule has 1 aromatic rings. The zero-order valence-corrected chi connectivity index (χ0v) is 6.89. The van der Waals surface area contributed by atoms with Gasteiger partial charge in [-0.2, -0.15) is 0 Å². The molecule has 0 radical (unpaired) electrons. The van der Waals surface area contributed by atoms with Crippen LogP contribution in [0.4, 0.5) is 0 Å². The lowest BCUT2D eigenvalue weighted by molar-refractivity contribution is 0.449. The Bertz CT molecular complexity index is 271. The summed E-state index contributed by atoms with van der Waals surface area (Å²) in [6, 6.07) is 2.77. The summed E-state index contributed by atoms with van der Waals surface area (Å²) in [5.74, 6) is -0.0210. The van der Waals surface area contributed by atoms with Crippen molar-refractivity contribution in [3.8, 4) is 11.5 Å². The van der Waals surface area contributed by atoms with Crippen LogP contribution in [0.1, 0.15) is 12.5 Å². The first-order valence-electron chi connectivity index (χ1n) is 3.35. The molecule has 0 spiro atoms. The molecule has 0 aliphatic carbocycles. The van der Waals surface area contributed by atoms with Crippen molar-refractivity contribution in [1.82, 2.24) is 0 Å². The number of aromatic hydroxyl groups is 2. The van der Waals surface area contributed by atoms with Gasteiger partial charge in [-0.15, -0.1) is 0 Å². The summed E-state index contributed by atoms with van der Waals surface area (Å²) >= 11 is 5.70. The minimum Gasteiger partial charge on any atom is -0.508 e. The van der Waals surface area contributed by atoms with Crippen LogP contribution < -0.4 is 0 Å². The molecule has 2 N–H and O–H groups in total. The van der Waals surface area contributed by atoms with Crippen LogP contribution in [-0.2, 0) is 6.42 Å². The zero-order chi connectivity index (χ0) is 8.43. The van der Waals surface area contributed by atoms with Crippen molar-refractivity contribution in [3.63, 3.8) is 0 Å². The van der Waals surface area contributed by atoms with E-state index in [2.05, 4.69) is 0 Å². The molecule has 0 saturated heterocycles. The van der Waals surface area contributed by atoms with E-state index < -0.39 is 0 Å². The van der Waals surface area contributed by atoms with Gasteiger partial charge in [0.1, 0.15) is 11.5 Å². The molecule has 0 heterocycles. The van der Waals surface area contributed by atoms with Crippen molar-refractivity contribution in [3.05, 3.63) is 22.7 Å². The van der Waals surface area contributed by atoms with E-state index in [4.69, 9.17) is 21.8 Å². The van der Waals surface area contributed by atoms with Gasteiger partial charge in [0.25, 0.3) is 0 Å². The van der Waals surface area contributed by atoms with E-state index in [0.717, 1.165) is 5.56 Å². The molecule has 1 rings (SSSR count). The molecule has 60 valence electrons. The Labute approximate surface area is 70.1 Å². The Morgan fingerprint density at radius 3 is 2.55 bits per heavy atom. The highest BCUT2D eigenvalue weighted by molar-refractivity contribution is 6.32. The summed E-state index contributed by atoms with van der Waals surface area (Å²) in [6.07, 6.45) is 0.695. The van der Waals surface area contributed by atoms with Gasteiger partial charge in [-0.1, -0.05) is 18.5 Å². The third-order valence-electron chi connectivity index (χ3n) is 1.49. The normalized spacial score (nSPS) is 10.0. The van der Waals surface area contributed by atoms with Gasteiger partial charge in [0.15, 0.2) is 0 Å². The highest BCUT2D eigenvalue weighted by Gasteiger charge is 2.05. The van der Waals surface area contributed by atoms with Crippen LogP contribution in [0, 0.1) is 0 Å². The van der Waals surface area contributed by atoms with Gasteiger partial charge in [0, 0.05) is 6.07 Å². The number of hydrogen-bond donors (Lipinski definition) is 2. The van der Waals surface area contributed by atoms with Crippen molar-refractivity contribution in [2.24, 2.45) is 0 Å². The second-order valence-corrected chi connectivity index (χ2v) is 2.67. The smallest absolute Gasteiger partial charge is 0.138 e. The van der Waals surface area contributed by atoms with E-state index >= 15 is 0 Å². The van der Waals surface area contributed by atoms with Crippen LogP contribution in [0.15, 0.2) is 12.1 Å². The maximum atomic E-state index is 9.12. The highest BCUT2D eigenvalue weighted by Crippen LogP contribution is 2.31. The summed E-state index contributed by atoms with van der Waals surface area (Å²) in [7, 11) is 0. The Hall–Kier alpha value is -0.890. The fourth-order valence-corrected chi connectivity index (χ4v) is 1.15. The fourth-order valence-electron chi connectivity index (χ4n) is 0.909. The Balaban J connectivity index is 3.24. The predicted molar refractivity (Wildman–Crippen MR) is 44.2 cm³/mol. The average molecular weight is 173 g/mol. The number of hydrogen-bond acceptors (Lipinski definition) is 2. The first-order valence-corrected chi connectivity index (χ1v) is 3.73. The van der Waals surface area contributed by atoms with Crippen LogP contribution >= 0.6 is 11.6 Å². The quantitative estimate of drug-likeness (QED) is 0.683. The van der Waals surface area contributed by atoms with E-state index in [1.165, 1.54) is 6.07 Å². The minimum absolute atomic E-state index is 0.0451. The molecular formula is C8H9ClO2. The van der Waals surface area contributed by atoms with Crippen molar-refractivity contribution in [2.75, 3.05) is 0 Å². The van der Waals surface area contributed by atoms with Crippen LogP contribution in [-0.4, -0.2) is 10.2 Å². The minimum atomic E-state index is -0.0662. The first kappa shape index (κ1) is 8.21. The summed E-state index contributed by atoms with van der Waals surface area (Å²) in [5, 5.41) is 18.5. The highest BCUT2D eigenvalue weighted by atomic mass is 35.5. The number of phenolic OH excluding ortho intramolecular Hbond substituents is 2. The van der Waals surface area contributed by atoms with Crippen molar-refractivity contribution >= 4 is 11.6 Å². The molecule has 0 fully saturated rings. The summed E-state index contributed by atoms with van der Waals surface area (Å²) < 4.78 is 0. The molecule has 0 aromatic heterocycles. The largest absolute Gasteiger partial charge is 0.508 e. The maximum absolute atomic E-state index is 9.12. The molecule has 3 heteroatoms. The third kappa shape index (κ3) is 1.57. The summed E-state index contributed by atoms with van der Waals surface area (Å²) in [6.45, 7) is 1.90. The van der Waals surface area contributed by atoms with Gasteiger partial charge in [0.2, 0.25) is 0 Å². The first-order chi connectivity index (χ1) is 5.15. The van der Waals surface area contributed by atoms with Crippen molar-refractivity contribution < 1.29 is 10.2 Å². The Morgan fingerprint density at radius 2 is 2.00 bits per heavy atom. The standard InChI is InChI=1S/C8H9ClO2/c1-2-5-3-6(10)4-7(11)8(5)9/h3-4,10-11H,2H2,1H3. The van der Waals surface area contributed by atoms with E-state index in [1.807, 2.05) is 6.92 Å². The molecule has 11 heavy (non-hydrogen) atoms. The summed E-state index contributed by atoms with van der Waals surface area (Å²) in [5.41, 5.74) is 0.754. The van der Waals surface area contributed by atoms with Gasteiger partial charge in [-0.25, -0.2) is 0 Å². The van der Waals surface area contributed by atoms with Gasteiger partial charge in [0.05, 0.1) is 5.02 Å². The number of phenols is 2. The molecular weight excluding hydrogens is 164 g/mol. The predicted octanol–water partition coefficient (Wildman–Crippen LogP) is 2.31. The molecule has 2 nitrogen and oxygen atoms in total. The lowest BCUT2D eigenvalue weighted by Gasteiger charge is -2.03. The molecule has 0 unspecified atom stereocenters. The van der Waals surface area contributed by atoms with Crippen LogP contribution in [0.5, 0.6) is 11.5 Å². The van der Waals surface area contributed by atoms with Crippen LogP contribution in [0.25, 0.3) is 0 Å². The second-order valence-electron chi connectivity index (χ2n) is 2.29. The molecule has 1 aromatic carbocycles. The monoisotopic (exact) mass is 172 g/mol. The number of aryl methyl sites for hydroxylation is 1. The molecule has 0 bridgehead atoms. The van der Waals surface area contributed by atoms with Crippen LogP contribution in [0.3, 0.4) is 0 Å². The number of rotatable bonds is 1. The molecule has 0 amide bonds. The third-order valence-corrected chi connectivity index (χ3v) is 1.93. The van der Waals surface area contributed by atoms with Gasteiger partial charge in [-0.05, 0) is 18.1 Å². The average Bonchev–Trinajstić information content (AvgIpc) is 1.96. The second kappa shape index (κ2) is 3.01. The van der Waals surface area contributed by atoms with Gasteiger partial charge >= 0.3 is 0 Å². The van der Waals surface area contributed by atoms with E-state index in [1.54, 1.807) is 6.07 Å². The molecule has 0 atom stereocenters. The van der Waals surface area contributed by atoms with Crippen LogP contribution in [0.2, 0.25) is 5.02 Å². The SMILES string of the molecule is CCc1cc(O)cc(O)c1Cl. The Kier molecular flexibility index (Phi) is 2.25. The number of benzene rings is 1. The van der Waals surface area contributed by atoms with Gasteiger partial charge < -0.3 is 10.2 Å². The molecule has 0 aliphatic rings. The van der Waals surface area contributed by atoms with Gasteiger partial charge in [-0.3, -0.25) is 0 Å².